The number of hydrogen-bond donors (Lipinski definition) is 2. The van der Waals surface area contributed by atoms with Crippen LogP contribution >= 0.6 is 0 Å². The molecule has 1 aromatic rings. The molecule has 1 fully saturated rings. The maximum absolute atomic E-state index is 11.1. The topological polar surface area (TPSA) is 83.8 Å². The molecule has 2 N–H and O–H groups in total. The molecule has 1 aliphatic rings. The summed E-state index contributed by atoms with van der Waals surface area (Å²) < 4.78 is 5.03. The lowest BCUT2D eigenvalue weighted by Gasteiger charge is -2.18. The summed E-state index contributed by atoms with van der Waals surface area (Å²) in [5.41, 5.74) is 0.978. The SMILES string of the molecule is COc1cc(C(CC(=O)O)C2CC2)c(C=O)cc1O. The Kier molecular flexibility index (Phi) is 3.74. The Labute approximate surface area is 110 Å². The van der Waals surface area contributed by atoms with Crippen molar-refractivity contribution in [2.45, 2.75) is 25.2 Å². The fraction of sp³-hybridized carbons (Fsp3) is 0.429. The number of hydrogen-bond acceptors (Lipinski definition) is 4. The molecule has 2 rings (SSSR count). The standard InChI is InChI=1S/C14H16O5/c1-19-13-5-10(9(7-15)4-12(13)16)11(6-14(17)18)8-2-3-8/h4-5,7-8,11,16H,2-3,6H2,1H3,(H,17,18). The van der Waals surface area contributed by atoms with Gasteiger partial charge in [0.15, 0.2) is 11.5 Å². The van der Waals surface area contributed by atoms with E-state index in [2.05, 4.69) is 0 Å². The van der Waals surface area contributed by atoms with Crippen molar-refractivity contribution in [1.29, 1.82) is 0 Å². The van der Waals surface area contributed by atoms with Gasteiger partial charge >= 0.3 is 5.97 Å². The molecule has 0 aromatic heterocycles. The number of ether oxygens (including phenoxy) is 1. The van der Waals surface area contributed by atoms with Crippen molar-refractivity contribution < 1.29 is 24.5 Å². The second-order valence-electron chi connectivity index (χ2n) is 4.81. The molecule has 1 unspecified atom stereocenters. The van der Waals surface area contributed by atoms with Crippen LogP contribution in [0.25, 0.3) is 0 Å². The van der Waals surface area contributed by atoms with Crippen molar-refractivity contribution in [3.05, 3.63) is 23.3 Å². The second-order valence-corrected chi connectivity index (χ2v) is 4.81. The van der Waals surface area contributed by atoms with Crippen LogP contribution < -0.4 is 4.74 Å². The molecular formula is C14H16O5. The van der Waals surface area contributed by atoms with E-state index in [0.29, 0.717) is 23.3 Å². The lowest BCUT2D eigenvalue weighted by molar-refractivity contribution is -0.137. The minimum atomic E-state index is -0.888. The van der Waals surface area contributed by atoms with Gasteiger partial charge in [-0.3, -0.25) is 9.59 Å². The highest BCUT2D eigenvalue weighted by atomic mass is 16.5. The number of carboxylic acid groups (broad SMARTS) is 1. The van der Waals surface area contributed by atoms with Crippen LogP contribution in [0, 0.1) is 5.92 Å². The number of carboxylic acids is 1. The Morgan fingerprint density at radius 3 is 2.68 bits per heavy atom. The predicted octanol–water partition coefficient (Wildman–Crippen LogP) is 2.18. The summed E-state index contributed by atoms with van der Waals surface area (Å²) >= 11 is 0. The summed E-state index contributed by atoms with van der Waals surface area (Å²) in [6.07, 6.45) is 2.57. The molecule has 1 atom stereocenters. The van der Waals surface area contributed by atoms with Gasteiger partial charge in [-0.05, 0) is 42.4 Å². The fourth-order valence-electron chi connectivity index (χ4n) is 2.40. The van der Waals surface area contributed by atoms with Gasteiger partial charge in [-0.1, -0.05) is 0 Å². The van der Waals surface area contributed by atoms with E-state index in [1.165, 1.54) is 13.2 Å². The molecule has 0 radical (unpaired) electrons. The van der Waals surface area contributed by atoms with Crippen LogP contribution in [0.3, 0.4) is 0 Å². The molecule has 0 amide bonds. The van der Waals surface area contributed by atoms with E-state index in [0.717, 1.165) is 12.8 Å². The molecular weight excluding hydrogens is 248 g/mol. The maximum atomic E-state index is 11.1. The summed E-state index contributed by atoms with van der Waals surface area (Å²) in [6, 6.07) is 2.91. The number of carbonyl (C=O) groups is 2. The zero-order chi connectivity index (χ0) is 14.0. The van der Waals surface area contributed by atoms with Crippen LogP contribution in [0.15, 0.2) is 12.1 Å². The van der Waals surface area contributed by atoms with Gasteiger partial charge in [0.25, 0.3) is 0 Å². The average Bonchev–Trinajstić information content (AvgIpc) is 3.19. The molecule has 1 aliphatic carbocycles. The number of phenolic OH excluding ortho intramolecular Hbond substituents is 1. The summed E-state index contributed by atoms with van der Waals surface area (Å²) in [5.74, 6) is -0.646. The van der Waals surface area contributed by atoms with Gasteiger partial charge < -0.3 is 14.9 Å². The molecule has 0 aliphatic heterocycles. The average molecular weight is 264 g/mol. The van der Waals surface area contributed by atoms with Gasteiger partial charge in [-0.2, -0.15) is 0 Å². The van der Waals surface area contributed by atoms with Crippen molar-refractivity contribution in [2.24, 2.45) is 5.92 Å². The minimum absolute atomic E-state index is 0.0144. The first-order valence-corrected chi connectivity index (χ1v) is 6.14. The third-order valence-corrected chi connectivity index (χ3v) is 3.50. The monoisotopic (exact) mass is 264 g/mol. The highest BCUT2D eigenvalue weighted by Gasteiger charge is 2.35. The molecule has 0 spiro atoms. The largest absolute Gasteiger partial charge is 0.504 e. The van der Waals surface area contributed by atoms with Crippen LogP contribution in [0.5, 0.6) is 11.5 Å². The molecule has 1 saturated carbocycles. The van der Waals surface area contributed by atoms with Crippen molar-refractivity contribution in [3.8, 4) is 11.5 Å². The lowest BCUT2D eigenvalue weighted by Crippen LogP contribution is -2.11. The van der Waals surface area contributed by atoms with Crippen LogP contribution in [-0.2, 0) is 4.79 Å². The van der Waals surface area contributed by atoms with Gasteiger partial charge in [0.1, 0.15) is 6.29 Å². The number of phenols is 1. The Hall–Kier alpha value is -2.04. The number of benzene rings is 1. The Morgan fingerprint density at radius 2 is 2.21 bits per heavy atom. The zero-order valence-corrected chi connectivity index (χ0v) is 10.6. The predicted molar refractivity (Wildman–Crippen MR) is 67.8 cm³/mol. The van der Waals surface area contributed by atoms with E-state index in [1.54, 1.807) is 6.07 Å². The van der Waals surface area contributed by atoms with Crippen molar-refractivity contribution in [3.63, 3.8) is 0 Å². The number of aromatic hydroxyl groups is 1. The fourth-order valence-corrected chi connectivity index (χ4v) is 2.40. The molecule has 5 heteroatoms. The van der Waals surface area contributed by atoms with Gasteiger partial charge in [-0.25, -0.2) is 0 Å². The molecule has 102 valence electrons. The third kappa shape index (κ3) is 2.86. The van der Waals surface area contributed by atoms with Gasteiger partial charge in [-0.15, -0.1) is 0 Å². The third-order valence-electron chi connectivity index (χ3n) is 3.50. The van der Waals surface area contributed by atoms with Crippen LogP contribution in [0.1, 0.15) is 41.1 Å². The van der Waals surface area contributed by atoms with E-state index in [1.807, 2.05) is 0 Å². The minimum Gasteiger partial charge on any atom is -0.504 e. The van der Waals surface area contributed by atoms with E-state index in [-0.39, 0.29) is 23.8 Å². The van der Waals surface area contributed by atoms with Gasteiger partial charge in [0, 0.05) is 5.56 Å². The highest BCUT2D eigenvalue weighted by Crippen LogP contribution is 2.46. The quantitative estimate of drug-likeness (QED) is 0.769. The first-order valence-electron chi connectivity index (χ1n) is 6.14. The summed E-state index contributed by atoms with van der Waals surface area (Å²) in [7, 11) is 1.42. The maximum Gasteiger partial charge on any atom is 0.303 e. The van der Waals surface area contributed by atoms with Gasteiger partial charge in [0.05, 0.1) is 13.5 Å². The second kappa shape index (κ2) is 5.30. The lowest BCUT2D eigenvalue weighted by atomic mass is 9.87. The van der Waals surface area contributed by atoms with Gasteiger partial charge in [0.2, 0.25) is 0 Å². The normalized spacial score (nSPS) is 15.8. The molecule has 5 nitrogen and oxygen atoms in total. The number of carbonyl (C=O) groups excluding carboxylic acids is 1. The summed E-state index contributed by atoms with van der Waals surface area (Å²) in [5, 5.41) is 18.7. The Bertz CT molecular complexity index is 505. The molecule has 1 aromatic carbocycles. The Morgan fingerprint density at radius 1 is 1.53 bits per heavy atom. The first-order chi connectivity index (χ1) is 9.06. The highest BCUT2D eigenvalue weighted by molar-refractivity contribution is 5.80. The summed E-state index contributed by atoms with van der Waals surface area (Å²) in [6.45, 7) is 0. The van der Waals surface area contributed by atoms with E-state index < -0.39 is 5.97 Å². The van der Waals surface area contributed by atoms with Crippen LogP contribution in [-0.4, -0.2) is 29.6 Å². The van der Waals surface area contributed by atoms with E-state index in [9.17, 15) is 14.7 Å². The molecule has 19 heavy (non-hydrogen) atoms. The van der Waals surface area contributed by atoms with Crippen molar-refractivity contribution >= 4 is 12.3 Å². The Balaban J connectivity index is 2.44. The first kappa shape index (κ1) is 13.4. The molecule has 0 bridgehead atoms. The van der Waals surface area contributed by atoms with Crippen LogP contribution in [0.4, 0.5) is 0 Å². The summed E-state index contributed by atoms with van der Waals surface area (Å²) in [4.78, 5) is 22.1. The number of aldehydes is 1. The molecule has 0 heterocycles. The number of aliphatic carboxylic acids is 1. The van der Waals surface area contributed by atoms with E-state index >= 15 is 0 Å². The number of rotatable bonds is 6. The van der Waals surface area contributed by atoms with Crippen molar-refractivity contribution in [2.75, 3.05) is 7.11 Å². The van der Waals surface area contributed by atoms with Crippen LogP contribution in [0.2, 0.25) is 0 Å². The van der Waals surface area contributed by atoms with Crippen molar-refractivity contribution in [1.82, 2.24) is 0 Å². The molecule has 0 saturated heterocycles. The van der Waals surface area contributed by atoms with E-state index in [4.69, 9.17) is 9.84 Å². The zero-order valence-electron chi connectivity index (χ0n) is 10.6. The number of methoxy groups -OCH3 is 1. The smallest absolute Gasteiger partial charge is 0.303 e.